The van der Waals surface area contributed by atoms with E-state index in [1.54, 1.807) is 7.11 Å². The van der Waals surface area contributed by atoms with Gasteiger partial charge in [0.25, 0.3) is 0 Å². The lowest BCUT2D eigenvalue weighted by molar-refractivity contribution is 0.121. The highest BCUT2D eigenvalue weighted by molar-refractivity contribution is 5.28. The first-order valence-corrected chi connectivity index (χ1v) is 7.30. The van der Waals surface area contributed by atoms with Crippen molar-refractivity contribution in [2.75, 3.05) is 26.7 Å². The molecule has 3 heteroatoms. The average Bonchev–Trinajstić information content (AvgIpc) is 3.24. The predicted molar refractivity (Wildman–Crippen MR) is 77.4 cm³/mol. The van der Waals surface area contributed by atoms with Gasteiger partial charge in [0, 0.05) is 31.7 Å². The summed E-state index contributed by atoms with van der Waals surface area (Å²) in [6.07, 6.45) is 2.80. The zero-order valence-corrected chi connectivity index (χ0v) is 12.0. The lowest BCUT2D eigenvalue weighted by Crippen LogP contribution is -2.59. The molecule has 1 saturated heterocycles. The SMILES string of the molecule is COc1cccc(CN2CCNC(C)(C3CC3)C2)c1. The lowest BCUT2D eigenvalue weighted by atomic mass is 9.92. The Bertz CT molecular complexity index is 444. The van der Waals surface area contributed by atoms with Crippen LogP contribution in [-0.2, 0) is 6.54 Å². The van der Waals surface area contributed by atoms with Gasteiger partial charge in [-0.1, -0.05) is 12.1 Å². The number of ether oxygens (including phenoxy) is 1. The molecule has 1 aliphatic heterocycles. The van der Waals surface area contributed by atoms with Crippen molar-refractivity contribution in [3.63, 3.8) is 0 Å². The highest BCUT2D eigenvalue weighted by Gasteiger charge is 2.43. The highest BCUT2D eigenvalue weighted by atomic mass is 16.5. The fraction of sp³-hybridized carbons (Fsp3) is 0.625. The normalized spacial score (nSPS) is 28.3. The smallest absolute Gasteiger partial charge is 0.119 e. The molecule has 1 aromatic rings. The molecule has 2 fully saturated rings. The molecule has 1 N–H and O–H groups in total. The van der Waals surface area contributed by atoms with Crippen LogP contribution < -0.4 is 10.1 Å². The molecule has 1 atom stereocenters. The van der Waals surface area contributed by atoms with Gasteiger partial charge >= 0.3 is 0 Å². The maximum Gasteiger partial charge on any atom is 0.119 e. The van der Waals surface area contributed by atoms with Crippen LogP contribution in [0.3, 0.4) is 0 Å². The molecule has 0 spiro atoms. The topological polar surface area (TPSA) is 24.5 Å². The third-order valence-electron chi connectivity index (χ3n) is 4.53. The summed E-state index contributed by atoms with van der Waals surface area (Å²) in [4.78, 5) is 2.57. The second-order valence-electron chi connectivity index (χ2n) is 6.18. The van der Waals surface area contributed by atoms with E-state index in [9.17, 15) is 0 Å². The van der Waals surface area contributed by atoms with E-state index in [0.717, 1.165) is 37.8 Å². The Morgan fingerprint density at radius 2 is 2.26 bits per heavy atom. The molecule has 2 aliphatic rings. The van der Waals surface area contributed by atoms with Crippen LogP contribution in [0.2, 0.25) is 0 Å². The second kappa shape index (κ2) is 5.14. The summed E-state index contributed by atoms with van der Waals surface area (Å²) in [6, 6.07) is 8.43. The quantitative estimate of drug-likeness (QED) is 0.899. The summed E-state index contributed by atoms with van der Waals surface area (Å²) in [6.45, 7) is 6.83. The first-order valence-electron chi connectivity index (χ1n) is 7.30. The summed E-state index contributed by atoms with van der Waals surface area (Å²) >= 11 is 0. The number of piperazine rings is 1. The molecule has 0 aromatic heterocycles. The van der Waals surface area contributed by atoms with Gasteiger partial charge in [-0.15, -0.1) is 0 Å². The molecular formula is C16H24N2O. The van der Waals surface area contributed by atoms with Gasteiger partial charge in [0.1, 0.15) is 5.75 Å². The van der Waals surface area contributed by atoms with Crippen molar-refractivity contribution in [1.29, 1.82) is 0 Å². The monoisotopic (exact) mass is 260 g/mol. The zero-order chi connectivity index (χ0) is 13.3. The van der Waals surface area contributed by atoms with E-state index in [-0.39, 0.29) is 0 Å². The Hall–Kier alpha value is -1.06. The Kier molecular flexibility index (Phi) is 3.50. The van der Waals surface area contributed by atoms with Crippen molar-refractivity contribution in [1.82, 2.24) is 10.2 Å². The van der Waals surface area contributed by atoms with Gasteiger partial charge < -0.3 is 10.1 Å². The Morgan fingerprint density at radius 3 is 3.00 bits per heavy atom. The fourth-order valence-electron chi connectivity index (χ4n) is 3.26. The molecule has 104 valence electrons. The van der Waals surface area contributed by atoms with Crippen LogP contribution in [0, 0.1) is 5.92 Å². The zero-order valence-electron chi connectivity index (χ0n) is 12.0. The maximum absolute atomic E-state index is 5.30. The van der Waals surface area contributed by atoms with E-state index in [0.29, 0.717) is 5.54 Å². The second-order valence-corrected chi connectivity index (χ2v) is 6.18. The van der Waals surface area contributed by atoms with Gasteiger partial charge in [0.05, 0.1) is 7.11 Å². The maximum atomic E-state index is 5.30. The van der Waals surface area contributed by atoms with E-state index >= 15 is 0 Å². The van der Waals surface area contributed by atoms with Crippen molar-refractivity contribution in [3.8, 4) is 5.75 Å². The molecule has 0 bridgehead atoms. The minimum atomic E-state index is 0.330. The van der Waals surface area contributed by atoms with Crippen LogP contribution in [0.1, 0.15) is 25.3 Å². The molecule has 0 amide bonds. The molecule has 0 radical (unpaired) electrons. The standard InChI is InChI=1S/C16H24N2O/c1-16(14-6-7-14)12-18(9-8-17-16)11-13-4-3-5-15(10-13)19-2/h3-5,10,14,17H,6-9,11-12H2,1-2H3. The van der Waals surface area contributed by atoms with E-state index in [2.05, 4.69) is 35.3 Å². The molecule has 1 aromatic carbocycles. The van der Waals surface area contributed by atoms with E-state index in [1.165, 1.54) is 18.4 Å². The van der Waals surface area contributed by atoms with E-state index < -0.39 is 0 Å². The number of rotatable bonds is 4. The van der Waals surface area contributed by atoms with Crippen LogP contribution in [0.5, 0.6) is 5.75 Å². The highest BCUT2D eigenvalue weighted by Crippen LogP contribution is 2.40. The van der Waals surface area contributed by atoms with Gasteiger partial charge in [0.15, 0.2) is 0 Å². The molecular weight excluding hydrogens is 236 g/mol. The summed E-state index contributed by atoms with van der Waals surface area (Å²) in [5, 5.41) is 3.73. The van der Waals surface area contributed by atoms with E-state index in [4.69, 9.17) is 4.74 Å². The summed E-state index contributed by atoms with van der Waals surface area (Å²) in [5.74, 6) is 1.85. The third-order valence-corrected chi connectivity index (χ3v) is 4.53. The van der Waals surface area contributed by atoms with Crippen molar-refractivity contribution in [3.05, 3.63) is 29.8 Å². The number of methoxy groups -OCH3 is 1. The van der Waals surface area contributed by atoms with Crippen LogP contribution >= 0.6 is 0 Å². The van der Waals surface area contributed by atoms with Crippen molar-refractivity contribution in [2.24, 2.45) is 5.92 Å². The molecule has 19 heavy (non-hydrogen) atoms. The van der Waals surface area contributed by atoms with Crippen LogP contribution in [0.15, 0.2) is 24.3 Å². The van der Waals surface area contributed by atoms with Crippen molar-refractivity contribution in [2.45, 2.75) is 31.8 Å². The summed E-state index contributed by atoms with van der Waals surface area (Å²) in [5.41, 5.74) is 1.68. The first-order chi connectivity index (χ1) is 9.19. The Balaban J connectivity index is 1.65. The molecule has 1 heterocycles. The van der Waals surface area contributed by atoms with Crippen molar-refractivity contribution < 1.29 is 4.74 Å². The third kappa shape index (κ3) is 2.93. The number of hydrogen-bond acceptors (Lipinski definition) is 3. The minimum absolute atomic E-state index is 0.330. The molecule has 1 saturated carbocycles. The van der Waals surface area contributed by atoms with Crippen molar-refractivity contribution >= 4 is 0 Å². The first kappa shape index (κ1) is 12.9. The molecule has 3 nitrogen and oxygen atoms in total. The average molecular weight is 260 g/mol. The van der Waals surface area contributed by atoms with Gasteiger partial charge in [-0.25, -0.2) is 0 Å². The van der Waals surface area contributed by atoms with Crippen LogP contribution in [0.25, 0.3) is 0 Å². The fourth-order valence-corrected chi connectivity index (χ4v) is 3.26. The Labute approximate surface area is 115 Å². The van der Waals surface area contributed by atoms with Crippen LogP contribution in [0.4, 0.5) is 0 Å². The number of nitrogens with one attached hydrogen (secondary N) is 1. The summed E-state index contributed by atoms with van der Waals surface area (Å²) in [7, 11) is 1.73. The summed E-state index contributed by atoms with van der Waals surface area (Å²) < 4.78 is 5.30. The Morgan fingerprint density at radius 1 is 1.42 bits per heavy atom. The molecule has 3 rings (SSSR count). The van der Waals surface area contributed by atoms with E-state index in [1.807, 2.05) is 6.07 Å². The molecule has 1 aliphatic carbocycles. The van der Waals surface area contributed by atoms with Crippen LogP contribution in [-0.4, -0.2) is 37.2 Å². The molecule has 1 unspecified atom stereocenters. The number of nitrogens with zero attached hydrogens (tertiary/aromatic N) is 1. The number of hydrogen-bond donors (Lipinski definition) is 1. The van der Waals surface area contributed by atoms with Gasteiger partial charge in [-0.2, -0.15) is 0 Å². The predicted octanol–water partition coefficient (Wildman–Crippen LogP) is 2.27. The largest absolute Gasteiger partial charge is 0.497 e. The van der Waals surface area contributed by atoms with Gasteiger partial charge in [-0.05, 0) is 43.4 Å². The number of benzene rings is 1. The minimum Gasteiger partial charge on any atom is -0.497 e. The lowest BCUT2D eigenvalue weighted by Gasteiger charge is -2.42. The van der Waals surface area contributed by atoms with Gasteiger partial charge in [-0.3, -0.25) is 4.90 Å². The van der Waals surface area contributed by atoms with Gasteiger partial charge in [0.2, 0.25) is 0 Å².